The maximum atomic E-state index is 14.2. The van der Waals surface area contributed by atoms with Gasteiger partial charge in [0.25, 0.3) is 0 Å². The molecule has 0 bridgehead atoms. The van der Waals surface area contributed by atoms with Crippen LogP contribution >= 0.6 is 27.7 Å². The van der Waals surface area contributed by atoms with E-state index < -0.39 is 27.3 Å². The molecule has 0 saturated heterocycles. The summed E-state index contributed by atoms with van der Waals surface area (Å²) in [5.74, 6) is -0.896. The number of hydrogen-bond donors (Lipinski definition) is 2. The van der Waals surface area contributed by atoms with Gasteiger partial charge in [-0.25, -0.2) is 17.5 Å². The van der Waals surface area contributed by atoms with Crippen molar-refractivity contribution in [1.82, 2.24) is 4.72 Å². The minimum absolute atomic E-state index is 0.0439. The molecule has 4 nitrogen and oxygen atoms in total. The van der Waals surface area contributed by atoms with E-state index in [0.29, 0.717) is 4.47 Å². The fourth-order valence-corrected chi connectivity index (χ4v) is 5.67. The number of thioether (sulfide) groups is 1. The molecule has 1 aliphatic rings. The molecule has 2 atom stereocenters. The van der Waals surface area contributed by atoms with Gasteiger partial charge in [0.2, 0.25) is 10.0 Å². The number of halogens is 2. The normalized spacial score (nSPS) is 22.7. The zero-order valence-electron chi connectivity index (χ0n) is 11.5. The van der Waals surface area contributed by atoms with E-state index in [4.69, 9.17) is 5.11 Å². The third kappa shape index (κ3) is 3.79. The molecule has 0 aliphatic heterocycles. The quantitative estimate of drug-likeness (QED) is 0.801. The number of sulfonamides is 1. The fourth-order valence-electron chi connectivity index (χ4n) is 2.53. The van der Waals surface area contributed by atoms with Gasteiger partial charge in [-0.2, -0.15) is 11.8 Å². The maximum Gasteiger partial charge on any atom is 0.243 e. The van der Waals surface area contributed by atoms with Crippen molar-refractivity contribution in [3.8, 4) is 0 Å². The molecule has 0 spiro atoms. The number of rotatable bonds is 5. The van der Waals surface area contributed by atoms with Crippen molar-refractivity contribution < 1.29 is 17.9 Å². The number of nitrogens with one attached hydrogen (secondary N) is 1. The zero-order valence-corrected chi connectivity index (χ0v) is 14.7. The minimum atomic E-state index is -3.95. The second-order valence-corrected chi connectivity index (χ2v) is 8.64. The van der Waals surface area contributed by atoms with Crippen molar-refractivity contribution in [2.45, 2.75) is 42.1 Å². The summed E-state index contributed by atoms with van der Waals surface area (Å²) in [5.41, 5.74) is -0.0439. The van der Waals surface area contributed by atoms with E-state index in [0.717, 1.165) is 19.3 Å². The van der Waals surface area contributed by atoms with Crippen LogP contribution < -0.4 is 4.72 Å². The van der Waals surface area contributed by atoms with Gasteiger partial charge >= 0.3 is 0 Å². The molecular formula is C13H17BrFNO3S2. The number of hydrogen-bond acceptors (Lipinski definition) is 4. The SMILES string of the molecule is CSC1CCCC1NS(=O)(=O)c1cc(Br)cc(CO)c1F. The molecule has 2 unspecified atom stereocenters. The van der Waals surface area contributed by atoms with Gasteiger partial charge in [0, 0.05) is 21.3 Å². The van der Waals surface area contributed by atoms with Gasteiger partial charge in [-0.05, 0) is 31.2 Å². The van der Waals surface area contributed by atoms with Crippen molar-refractivity contribution in [1.29, 1.82) is 0 Å². The summed E-state index contributed by atoms with van der Waals surface area (Å²) in [5, 5.41) is 9.33. The van der Waals surface area contributed by atoms with Crippen molar-refractivity contribution >= 4 is 37.7 Å². The highest BCUT2D eigenvalue weighted by Gasteiger charge is 2.32. The van der Waals surface area contributed by atoms with Gasteiger partial charge in [-0.3, -0.25) is 0 Å². The molecule has 2 N–H and O–H groups in total. The monoisotopic (exact) mass is 397 g/mol. The lowest BCUT2D eigenvalue weighted by atomic mass is 10.2. The Labute approximate surface area is 136 Å². The molecule has 2 rings (SSSR count). The Balaban J connectivity index is 2.34. The molecule has 0 amide bonds. The van der Waals surface area contributed by atoms with Crippen LogP contribution in [0, 0.1) is 5.82 Å². The predicted octanol–water partition coefficient (Wildman–Crippen LogP) is 2.64. The van der Waals surface area contributed by atoms with Crippen molar-refractivity contribution in [3.63, 3.8) is 0 Å². The number of aliphatic hydroxyl groups is 1. The van der Waals surface area contributed by atoms with E-state index in [1.54, 1.807) is 11.8 Å². The first-order valence-electron chi connectivity index (χ1n) is 6.53. The first-order chi connectivity index (χ1) is 9.89. The lowest BCUT2D eigenvalue weighted by molar-refractivity contribution is 0.274. The first kappa shape index (κ1) is 17.2. The highest BCUT2D eigenvalue weighted by molar-refractivity contribution is 9.10. The third-order valence-electron chi connectivity index (χ3n) is 3.60. The smallest absolute Gasteiger partial charge is 0.243 e. The largest absolute Gasteiger partial charge is 0.392 e. The summed E-state index contributed by atoms with van der Waals surface area (Å²) in [6.45, 7) is -0.551. The molecule has 0 radical (unpaired) electrons. The standard InChI is InChI=1S/C13H17BrFNO3S2/c1-20-11-4-2-3-10(11)16-21(18,19)12-6-9(14)5-8(7-17)13(12)15/h5-6,10-11,16-17H,2-4,7H2,1H3. The Morgan fingerprint density at radius 1 is 1.48 bits per heavy atom. The average molecular weight is 398 g/mol. The Hall–Kier alpha value is -0.150. The molecule has 21 heavy (non-hydrogen) atoms. The topological polar surface area (TPSA) is 66.4 Å². The molecule has 1 aromatic rings. The summed E-state index contributed by atoms with van der Waals surface area (Å²) in [7, 11) is -3.95. The summed E-state index contributed by atoms with van der Waals surface area (Å²) >= 11 is 4.77. The Morgan fingerprint density at radius 2 is 2.19 bits per heavy atom. The lowest BCUT2D eigenvalue weighted by Crippen LogP contribution is -2.39. The van der Waals surface area contributed by atoms with Gasteiger partial charge < -0.3 is 5.11 Å². The molecule has 118 valence electrons. The molecule has 1 fully saturated rings. The maximum absolute atomic E-state index is 14.2. The molecule has 8 heteroatoms. The number of benzene rings is 1. The molecule has 0 heterocycles. The minimum Gasteiger partial charge on any atom is -0.392 e. The average Bonchev–Trinajstić information content (AvgIpc) is 2.87. The van der Waals surface area contributed by atoms with Crippen LogP contribution in [0.1, 0.15) is 24.8 Å². The summed E-state index contributed by atoms with van der Waals surface area (Å²) in [4.78, 5) is -0.423. The van der Waals surface area contributed by atoms with E-state index in [1.165, 1.54) is 12.1 Å². The molecule has 1 saturated carbocycles. The Bertz CT molecular complexity index is 624. The van der Waals surface area contributed by atoms with Crippen LogP contribution in [0.5, 0.6) is 0 Å². The van der Waals surface area contributed by atoms with Crippen LogP contribution in [-0.2, 0) is 16.6 Å². The highest BCUT2D eigenvalue weighted by Crippen LogP contribution is 2.30. The van der Waals surface area contributed by atoms with Crippen LogP contribution in [0.3, 0.4) is 0 Å². The van der Waals surface area contributed by atoms with E-state index in [1.807, 2.05) is 6.26 Å². The van der Waals surface area contributed by atoms with Crippen LogP contribution in [0.25, 0.3) is 0 Å². The van der Waals surface area contributed by atoms with Crippen LogP contribution in [0.2, 0.25) is 0 Å². The first-order valence-corrected chi connectivity index (χ1v) is 10.1. The van der Waals surface area contributed by atoms with Crippen LogP contribution in [0.15, 0.2) is 21.5 Å². The van der Waals surface area contributed by atoms with E-state index in [9.17, 15) is 12.8 Å². The summed E-state index contributed by atoms with van der Waals surface area (Å²) in [6, 6.07) is 2.41. The Morgan fingerprint density at radius 3 is 2.81 bits per heavy atom. The van der Waals surface area contributed by atoms with Gasteiger partial charge in [-0.15, -0.1) is 0 Å². The van der Waals surface area contributed by atoms with Crippen molar-refractivity contribution in [3.05, 3.63) is 28.0 Å². The lowest BCUT2D eigenvalue weighted by Gasteiger charge is -2.19. The second kappa shape index (κ2) is 6.95. The third-order valence-corrected chi connectivity index (χ3v) is 6.72. The van der Waals surface area contributed by atoms with Crippen molar-refractivity contribution in [2.24, 2.45) is 0 Å². The fraction of sp³-hybridized carbons (Fsp3) is 0.538. The van der Waals surface area contributed by atoms with Crippen LogP contribution in [-0.4, -0.2) is 31.1 Å². The summed E-state index contributed by atoms with van der Waals surface area (Å²) in [6.07, 6.45) is 4.62. The van der Waals surface area contributed by atoms with Crippen LogP contribution in [0.4, 0.5) is 4.39 Å². The predicted molar refractivity (Wildman–Crippen MR) is 85.3 cm³/mol. The van der Waals surface area contributed by atoms with E-state index >= 15 is 0 Å². The van der Waals surface area contributed by atoms with Gasteiger partial charge in [-0.1, -0.05) is 22.4 Å². The second-order valence-electron chi connectivity index (χ2n) is 4.97. The Kier molecular flexibility index (Phi) is 5.70. The highest BCUT2D eigenvalue weighted by atomic mass is 79.9. The molecule has 0 aromatic heterocycles. The summed E-state index contributed by atoms with van der Waals surface area (Å²) < 4.78 is 42.1. The van der Waals surface area contributed by atoms with Gasteiger partial charge in [0.1, 0.15) is 10.7 Å². The molecular weight excluding hydrogens is 381 g/mol. The van der Waals surface area contributed by atoms with E-state index in [2.05, 4.69) is 20.7 Å². The van der Waals surface area contributed by atoms with Gasteiger partial charge in [0.05, 0.1) is 6.61 Å². The number of aliphatic hydroxyl groups excluding tert-OH is 1. The van der Waals surface area contributed by atoms with Crippen molar-refractivity contribution in [2.75, 3.05) is 6.26 Å². The molecule has 1 aliphatic carbocycles. The molecule has 1 aromatic carbocycles. The van der Waals surface area contributed by atoms with Gasteiger partial charge in [0.15, 0.2) is 0 Å². The zero-order chi connectivity index (χ0) is 15.6. The van der Waals surface area contributed by atoms with E-state index in [-0.39, 0.29) is 16.9 Å².